The second kappa shape index (κ2) is 13.8. The van der Waals surface area contributed by atoms with Gasteiger partial charge in [0.25, 0.3) is 5.88 Å². The summed E-state index contributed by atoms with van der Waals surface area (Å²) in [5.74, 6) is -1.58. The van der Waals surface area contributed by atoms with Gasteiger partial charge in [-0.15, -0.1) is 0 Å². The van der Waals surface area contributed by atoms with Crippen LogP contribution in [0.25, 0.3) is 27.7 Å². The van der Waals surface area contributed by atoms with Crippen LogP contribution in [0.5, 0.6) is 5.88 Å². The molecular formula is C47H53N3O6Si. The third kappa shape index (κ3) is 6.15. The monoisotopic (exact) mass is 783 g/mol. The summed E-state index contributed by atoms with van der Waals surface area (Å²) in [4.78, 5) is 35.4. The number of ketones is 2. The van der Waals surface area contributed by atoms with Crippen LogP contribution in [0.1, 0.15) is 71.6 Å². The van der Waals surface area contributed by atoms with Gasteiger partial charge in [-0.1, -0.05) is 81.4 Å². The lowest BCUT2D eigenvalue weighted by molar-refractivity contribution is -0.140. The maximum absolute atomic E-state index is 15.8. The molecule has 1 N–H and O–H groups in total. The Labute approximate surface area is 336 Å². The van der Waals surface area contributed by atoms with E-state index in [1.165, 1.54) is 0 Å². The zero-order valence-corrected chi connectivity index (χ0v) is 35.7. The molecule has 8 rings (SSSR count). The van der Waals surface area contributed by atoms with Crippen molar-refractivity contribution in [2.75, 3.05) is 33.1 Å². The smallest absolute Gasteiger partial charge is 0.265 e. The van der Waals surface area contributed by atoms with Gasteiger partial charge in [-0.3, -0.25) is 14.5 Å². The van der Waals surface area contributed by atoms with E-state index in [2.05, 4.69) is 92.5 Å². The minimum atomic E-state index is -2.85. The Morgan fingerprint density at radius 1 is 0.912 bits per heavy atom. The van der Waals surface area contributed by atoms with E-state index in [-0.39, 0.29) is 40.3 Å². The number of hydrogen-bond donors (Lipinski definition) is 1. The largest absolute Gasteiger partial charge is 0.507 e. The number of carbonyl (C=O) groups is 2. The van der Waals surface area contributed by atoms with Gasteiger partial charge in [0.2, 0.25) is 11.6 Å². The molecule has 1 aromatic heterocycles. The molecule has 0 aliphatic heterocycles. The van der Waals surface area contributed by atoms with Crippen molar-refractivity contribution in [2.45, 2.75) is 76.9 Å². The summed E-state index contributed by atoms with van der Waals surface area (Å²) in [5.41, 5.74) is 5.18. The fraction of sp³-hybridized carbons (Fsp3) is 0.383. The molecule has 1 heterocycles. The van der Waals surface area contributed by atoms with Gasteiger partial charge in [0.05, 0.1) is 6.04 Å². The van der Waals surface area contributed by atoms with E-state index in [1.807, 2.05) is 70.3 Å². The molecule has 0 amide bonds. The van der Waals surface area contributed by atoms with Gasteiger partial charge in [-0.2, -0.15) is 0 Å². The molecule has 0 bridgehead atoms. The minimum Gasteiger partial charge on any atom is -0.507 e. The number of Topliss-reactive ketones (excluding diaryl/α,β-unsaturated/α-hetero) is 2. The number of carbonyl (C=O) groups excluding carboxylic acids is 2. The Morgan fingerprint density at radius 3 is 2.25 bits per heavy atom. The van der Waals surface area contributed by atoms with Gasteiger partial charge >= 0.3 is 0 Å². The van der Waals surface area contributed by atoms with Crippen LogP contribution >= 0.6 is 0 Å². The summed E-state index contributed by atoms with van der Waals surface area (Å²) < 4.78 is 19.5. The van der Waals surface area contributed by atoms with Crippen molar-refractivity contribution >= 4 is 42.1 Å². The molecule has 0 radical (unpaired) electrons. The summed E-state index contributed by atoms with van der Waals surface area (Å²) in [6.07, 6.45) is 0.966. The number of nitrogens with zero attached hydrogens (tertiary/aromatic N) is 3. The molecule has 0 spiro atoms. The lowest BCUT2D eigenvalue weighted by Gasteiger charge is -2.55. The topological polar surface area (TPSA) is 105 Å². The van der Waals surface area contributed by atoms with Crippen LogP contribution in [0, 0.1) is 18.8 Å². The van der Waals surface area contributed by atoms with Gasteiger partial charge in [0.1, 0.15) is 17.9 Å². The molecule has 9 nitrogen and oxygen atoms in total. The molecular weight excluding hydrogens is 731 g/mol. The van der Waals surface area contributed by atoms with Crippen LogP contribution in [-0.2, 0) is 22.2 Å². The predicted molar refractivity (Wildman–Crippen MR) is 227 cm³/mol. The Morgan fingerprint density at radius 2 is 1.60 bits per heavy atom. The molecule has 296 valence electrons. The summed E-state index contributed by atoms with van der Waals surface area (Å²) >= 11 is 0. The van der Waals surface area contributed by atoms with Crippen LogP contribution in [-0.4, -0.2) is 68.8 Å². The van der Waals surface area contributed by atoms with Crippen LogP contribution in [0.3, 0.4) is 0 Å². The molecule has 0 unspecified atom stereocenters. The Bertz CT molecular complexity index is 2440. The number of fused-ring (bicyclic) bond motifs is 5. The molecule has 3 aliphatic carbocycles. The zero-order valence-electron chi connectivity index (χ0n) is 34.7. The van der Waals surface area contributed by atoms with Crippen LogP contribution in [0.15, 0.2) is 89.0 Å². The Hall–Kier alpha value is -5.03. The number of aliphatic hydroxyl groups is 1. The highest BCUT2D eigenvalue weighted by molar-refractivity contribution is 6.74. The number of anilines is 1. The maximum Gasteiger partial charge on any atom is 0.265 e. The number of aryl methyl sites for hydroxylation is 1. The highest BCUT2D eigenvalue weighted by atomic mass is 28.4. The highest BCUT2D eigenvalue weighted by Gasteiger charge is 2.68. The molecule has 0 saturated heterocycles. The van der Waals surface area contributed by atoms with Gasteiger partial charge < -0.3 is 23.7 Å². The molecule has 57 heavy (non-hydrogen) atoms. The van der Waals surface area contributed by atoms with E-state index in [1.54, 1.807) is 0 Å². The molecule has 1 saturated carbocycles. The number of aromatic nitrogens is 1. The van der Waals surface area contributed by atoms with Crippen molar-refractivity contribution in [2.24, 2.45) is 11.8 Å². The van der Waals surface area contributed by atoms with Gasteiger partial charge in [-0.05, 0) is 120 Å². The number of ether oxygens (including phenoxy) is 1. The first-order valence-electron chi connectivity index (χ1n) is 19.8. The third-order valence-corrected chi connectivity index (χ3v) is 17.6. The molecule has 10 heteroatoms. The van der Waals surface area contributed by atoms with E-state index in [4.69, 9.17) is 13.7 Å². The fourth-order valence-corrected chi connectivity index (χ4v) is 10.6. The van der Waals surface area contributed by atoms with E-state index in [0.29, 0.717) is 24.2 Å². The average Bonchev–Trinajstić information content (AvgIpc) is 3.58. The van der Waals surface area contributed by atoms with Gasteiger partial charge in [0.15, 0.2) is 19.7 Å². The zero-order chi connectivity index (χ0) is 40.8. The van der Waals surface area contributed by atoms with Crippen molar-refractivity contribution in [1.82, 2.24) is 10.1 Å². The second-order valence-electron chi connectivity index (χ2n) is 18.1. The Kier molecular flexibility index (Phi) is 9.41. The van der Waals surface area contributed by atoms with Crippen LogP contribution in [0.2, 0.25) is 18.1 Å². The van der Waals surface area contributed by atoms with Crippen LogP contribution < -0.4 is 9.64 Å². The molecule has 5 aromatic rings. The number of rotatable bonds is 8. The Balaban J connectivity index is 1.29. The summed E-state index contributed by atoms with van der Waals surface area (Å²) in [7, 11) is 5.06. The van der Waals surface area contributed by atoms with E-state index in [9.17, 15) is 5.11 Å². The number of benzene rings is 4. The average molecular weight is 784 g/mol. The first-order valence-corrected chi connectivity index (χ1v) is 22.8. The second-order valence-corrected chi connectivity index (χ2v) is 22.8. The van der Waals surface area contributed by atoms with Crippen LogP contribution in [0.4, 0.5) is 5.69 Å². The number of aliphatic hydroxyl groups excluding tert-OH is 1. The molecule has 1 fully saturated rings. The van der Waals surface area contributed by atoms with E-state index in [0.717, 1.165) is 44.3 Å². The third-order valence-electron chi connectivity index (χ3n) is 13.1. The van der Waals surface area contributed by atoms with Crippen molar-refractivity contribution in [3.8, 4) is 17.0 Å². The first-order chi connectivity index (χ1) is 26.9. The standard InChI is InChI=1S/C47H53N3O6Si/c1-27-35-24-30(29-18-20-34(21-19-29)49(5)6)16-17-31(35)22-32-23-33-25-36-40(50(7)8)42-39(45(48-55-42)54-26-28-14-12-11-13-15-28)44(53)47(36,56-57(9,10)46(2,3)4)43(52)38(33)41(51)37(27)32/h11-22,24,33,36,40,51H,23,25-26H2,1-10H3/t33-,36-,40-,47-/m0/s1. The number of hydrogen-bond acceptors (Lipinski definition) is 9. The quantitative estimate of drug-likeness (QED) is 0.122. The predicted octanol–water partition coefficient (Wildman–Crippen LogP) is 9.74. The summed E-state index contributed by atoms with van der Waals surface area (Å²) in [5, 5.41) is 18.6. The fourth-order valence-electron chi connectivity index (χ4n) is 9.13. The minimum absolute atomic E-state index is 0.0407. The van der Waals surface area contributed by atoms with Crippen molar-refractivity contribution in [3.63, 3.8) is 0 Å². The van der Waals surface area contributed by atoms with Crippen molar-refractivity contribution in [1.29, 1.82) is 0 Å². The lowest BCUT2D eigenvalue weighted by atomic mass is 9.57. The SMILES string of the molecule is Cc1c2c(cc3ccc(-c4ccc(N(C)C)cc4)cc13)C[C@H]1C[C@H]3[C@H](N(C)C)c4onc(OCc5ccccc5)c4C(=O)[C@@]3(O[Si](C)(C)C(C)(C)C)C(=O)C1=C2O. The van der Waals surface area contributed by atoms with Crippen molar-refractivity contribution < 1.29 is 28.4 Å². The van der Waals surface area contributed by atoms with E-state index >= 15 is 9.59 Å². The highest BCUT2D eigenvalue weighted by Crippen LogP contribution is 2.59. The molecule has 3 aliphatic rings. The maximum atomic E-state index is 15.8. The van der Waals surface area contributed by atoms with Gasteiger partial charge in [0, 0.05) is 36.8 Å². The molecule has 4 aromatic carbocycles. The summed E-state index contributed by atoms with van der Waals surface area (Å²) in [6, 6.07) is 26.2. The first kappa shape index (κ1) is 38.8. The lowest BCUT2D eigenvalue weighted by Crippen LogP contribution is -2.68. The molecule has 4 atom stereocenters. The van der Waals surface area contributed by atoms with Crippen molar-refractivity contribution in [3.05, 3.63) is 118 Å². The summed E-state index contributed by atoms with van der Waals surface area (Å²) in [6.45, 7) is 12.6. The van der Waals surface area contributed by atoms with E-state index < -0.39 is 37.4 Å². The van der Waals surface area contributed by atoms with Gasteiger partial charge in [-0.25, -0.2) is 0 Å². The normalized spacial score (nSPS) is 22.0.